The van der Waals surface area contributed by atoms with Gasteiger partial charge in [0, 0.05) is 12.5 Å². The molecule has 0 aromatic heterocycles. The largest absolute Gasteiger partial charge is 0.508 e. The Morgan fingerprint density at radius 2 is 1.67 bits per heavy atom. The molecule has 2 unspecified atom stereocenters. The molecular weight excluding hydrogens is 502 g/mol. The summed E-state index contributed by atoms with van der Waals surface area (Å²) < 4.78 is 10.1. The number of phenols is 1. The minimum absolute atomic E-state index is 0.00235. The molecule has 1 fully saturated rings. The van der Waals surface area contributed by atoms with Crippen LogP contribution < -0.4 is 10.6 Å². The van der Waals surface area contributed by atoms with Gasteiger partial charge in [-0.2, -0.15) is 0 Å². The highest BCUT2D eigenvalue weighted by molar-refractivity contribution is 5.93. The SMILES string of the molecule is COC(=O)CNC(=O)C(c1ccc(O)cc1)N(C(=O)C(Cc1ccccc1)NC(=O)OC(C)(C)C)C1CCC1. The number of carbonyl (C=O) groups excluding carboxylic acids is 4. The second-order valence-corrected chi connectivity index (χ2v) is 10.5. The van der Waals surface area contributed by atoms with Crippen LogP contribution in [0.1, 0.15) is 57.2 Å². The zero-order valence-electron chi connectivity index (χ0n) is 22.8. The first-order chi connectivity index (χ1) is 18.5. The average molecular weight is 540 g/mol. The van der Waals surface area contributed by atoms with Crippen LogP contribution in [0.4, 0.5) is 4.79 Å². The zero-order valence-corrected chi connectivity index (χ0v) is 22.8. The summed E-state index contributed by atoms with van der Waals surface area (Å²) in [7, 11) is 1.21. The summed E-state index contributed by atoms with van der Waals surface area (Å²) in [6.07, 6.45) is 1.66. The normalized spacial score (nSPS) is 14.8. The van der Waals surface area contributed by atoms with Gasteiger partial charge in [-0.1, -0.05) is 42.5 Å². The van der Waals surface area contributed by atoms with E-state index in [-0.39, 0.29) is 24.8 Å². The van der Waals surface area contributed by atoms with Gasteiger partial charge in [-0.15, -0.1) is 0 Å². The third-order valence-corrected chi connectivity index (χ3v) is 6.36. The van der Waals surface area contributed by atoms with Crippen molar-refractivity contribution < 1.29 is 33.8 Å². The van der Waals surface area contributed by atoms with E-state index in [1.807, 2.05) is 30.3 Å². The number of aromatic hydroxyl groups is 1. The number of rotatable bonds is 10. The van der Waals surface area contributed by atoms with Crippen LogP contribution >= 0.6 is 0 Å². The first-order valence-corrected chi connectivity index (χ1v) is 13.0. The predicted octanol–water partition coefficient (Wildman–Crippen LogP) is 3.24. The lowest BCUT2D eigenvalue weighted by Crippen LogP contribution is -2.58. The third kappa shape index (κ3) is 8.46. The molecule has 3 amide bonds. The molecule has 0 saturated heterocycles. The van der Waals surface area contributed by atoms with Crippen LogP contribution in [0.15, 0.2) is 54.6 Å². The van der Waals surface area contributed by atoms with Crippen molar-refractivity contribution >= 4 is 23.9 Å². The second kappa shape index (κ2) is 13.1. The monoisotopic (exact) mass is 539 g/mol. The fourth-order valence-corrected chi connectivity index (χ4v) is 4.29. The van der Waals surface area contributed by atoms with Gasteiger partial charge >= 0.3 is 12.1 Å². The number of nitrogens with one attached hydrogen (secondary N) is 2. The highest BCUT2D eigenvalue weighted by atomic mass is 16.6. The Labute approximate surface area is 228 Å². The molecule has 2 aromatic carbocycles. The molecular formula is C29H37N3O7. The first kappa shape index (κ1) is 29.5. The number of esters is 1. The van der Waals surface area contributed by atoms with Crippen LogP contribution in [0.25, 0.3) is 0 Å². The van der Waals surface area contributed by atoms with Crippen LogP contribution in [0.2, 0.25) is 0 Å². The van der Waals surface area contributed by atoms with E-state index in [0.29, 0.717) is 18.4 Å². The van der Waals surface area contributed by atoms with Crippen molar-refractivity contribution in [3.63, 3.8) is 0 Å². The summed E-state index contributed by atoms with van der Waals surface area (Å²) in [5.74, 6) is -1.67. The van der Waals surface area contributed by atoms with Gasteiger partial charge in [0.15, 0.2) is 0 Å². The molecule has 10 nitrogen and oxygen atoms in total. The van der Waals surface area contributed by atoms with Crippen LogP contribution in [-0.2, 0) is 30.3 Å². The van der Waals surface area contributed by atoms with Crippen molar-refractivity contribution in [3.8, 4) is 5.75 Å². The van der Waals surface area contributed by atoms with E-state index in [1.54, 1.807) is 32.9 Å². The molecule has 2 atom stereocenters. The standard InChI is InChI=1S/C29H37N3O7/c1-29(2,3)39-28(37)31-23(17-19-9-6-5-7-10-19)27(36)32(21-11-8-12-21)25(20-13-15-22(33)16-14-20)26(35)30-18-24(34)38-4/h5-7,9-10,13-16,21,23,25,33H,8,11-12,17-18H2,1-4H3,(H,30,35)(H,31,37). The Balaban J connectivity index is 2.01. The van der Waals surface area contributed by atoms with Gasteiger partial charge in [-0.25, -0.2) is 4.79 Å². The number of hydrogen-bond acceptors (Lipinski definition) is 7. The topological polar surface area (TPSA) is 134 Å². The van der Waals surface area contributed by atoms with Crippen molar-refractivity contribution in [2.24, 2.45) is 0 Å². The van der Waals surface area contributed by atoms with Crippen LogP contribution in [0.3, 0.4) is 0 Å². The van der Waals surface area contributed by atoms with Crippen molar-refractivity contribution in [1.82, 2.24) is 15.5 Å². The number of hydrogen-bond donors (Lipinski definition) is 3. The van der Waals surface area contributed by atoms with E-state index >= 15 is 0 Å². The van der Waals surface area contributed by atoms with Crippen LogP contribution in [-0.4, -0.2) is 65.2 Å². The molecule has 1 aliphatic rings. The Hall–Kier alpha value is -4.08. The molecule has 1 saturated carbocycles. The van der Waals surface area contributed by atoms with Crippen molar-refractivity contribution in [2.45, 2.75) is 70.2 Å². The summed E-state index contributed by atoms with van der Waals surface area (Å²) in [6.45, 7) is 4.81. The Kier molecular flexibility index (Phi) is 9.92. The van der Waals surface area contributed by atoms with E-state index in [0.717, 1.165) is 12.0 Å². The maximum atomic E-state index is 14.3. The van der Waals surface area contributed by atoms with Gasteiger partial charge in [0.2, 0.25) is 11.8 Å². The van der Waals surface area contributed by atoms with Gasteiger partial charge in [-0.3, -0.25) is 14.4 Å². The second-order valence-electron chi connectivity index (χ2n) is 10.5. The predicted molar refractivity (Wildman–Crippen MR) is 144 cm³/mol. The molecule has 210 valence electrons. The fraction of sp³-hybridized carbons (Fsp3) is 0.448. The minimum atomic E-state index is -1.12. The molecule has 2 aromatic rings. The molecule has 3 N–H and O–H groups in total. The maximum Gasteiger partial charge on any atom is 0.408 e. The molecule has 0 aliphatic heterocycles. The van der Waals surface area contributed by atoms with E-state index in [2.05, 4.69) is 15.4 Å². The quantitative estimate of drug-likeness (QED) is 0.395. The summed E-state index contributed by atoms with van der Waals surface area (Å²) in [5.41, 5.74) is 0.489. The summed E-state index contributed by atoms with van der Waals surface area (Å²) >= 11 is 0. The first-order valence-electron chi connectivity index (χ1n) is 13.0. The number of benzene rings is 2. The van der Waals surface area contributed by atoms with Gasteiger partial charge in [0.1, 0.15) is 30.0 Å². The van der Waals surface area contributed by atoms with Gasteiger partial charge in [-0.05, 0) is 63.3 Å². The fourth-order valence-electron chi connectivity index (χ4n) is 4.29. The number of amides is 3. The molecule has 3 rings (SSSR count). The van der Waals surface area contributed by atoms with E-state index in [4.69, 9.17) is 4.74 Å². The number of carbonyl (C=O) groups is 4. The number of phenolic OH excluding ortho intramolecular Hbond substituents is 1. The molecule has 10 heteroatoms. The van der Waals surface area contributed by atoms with Crippen LogP contribution in [0.5, 0.6) is 5.75 Å². The number of nitrogens with zero attached hydrogens (tertiary/aromatic N) is 1. The van der Waals surface area contributed by atoms with E-state index < -0.39 is 41.6 Å². The molecule has 39 heavy (non-hydrogen) atoms. The van der Waals surface area contributed by atoms with Gasteiger partial charge in [0.25, 0.3) is 0 Å². The summed E-state index contributed by atoms with van der Waals surface area (Å²) in [4.78, 5) is 53.9. The van der Waals surface area contributed by atoms with Crippen molar-refractivity contribution in [3.05, 3.63) is 65.7 Å². The molecule has 0 spiro atoms. The average Bonchev–Trinajstić information content (AvgIpc) is 2.85. The highest BCUT2D eigenvalue weighted by Gasteiger charge is 2.42. The number of alkyl carbamates (subject to hydrolysis) is 1. The lowest BCUT2D eigenvalue weighted by atomic mass is 9.87. The maximum absolute atomic E-state index is 14.3. The molecule has 0 bridgehead atoms. The summed E-state index contributed by atoms with van der Waals surface area (Å²) in [6, 6.07) is 12.8. The van der Waals surface area contributed by atoms with E-state index in [9.17, 15) is 24.3 Å². The lowest BCUT2D eigenvalue weighted by Gasteiger charge is -2.43. The van der Waals surface area contributed by atoms with Crippen LogP contribution in [0, 0.1) is 0 Å². The van der Waals surface area contributed by atoms with Gasteiger partial charge in [0.05, 0.1) is 7.11 Å². The minimum Gasteiger partial charge on any atom is -0.508 e. The molecule has 0 radical (unpaired) electrons. The van der Waals surface area contributed by atoms with Crippen molar-refractivity contribution in [1.29, 1.82) is 0 Å². The Morgan fingerprint density at radius 1 is 1.03 bits per heavy atom. The Bertz CT molecular complexity index is 1140. The third-order valence-electron chi connectivity index (χ3n) is 6.36. The summed E-state index contributed by atoms with van der Waals surface area (Å²) in [5, 5.41) is 15.1. The molecule has 0 heterocycles. The number of ether oxygens (including phenoxy) is 2. The highest BCUT2D eigenvalue weighted by Crippen LogP contribution is 2.34. The lowest BCUT2D eigenvalue weighted by molar-refractivity contribution is -0.148. The van der Waals surface area contributed by atoms with Crippen molar-refractivity contribution in [2.75, 3.05) is 13.7 Å². The van der Waals surface area contributed by atoms with Gasteiger partial charge < -0.3 is 30.1 Å². The number of methoxy groups -OCH3 is 1. The zero-order chi connectivity index (χ0) is 28.6. The smallest absolute Gasteiger partial charge is 0.408 e. The molecule has 1 aliphatic carbocycles. The van der Waals surface area contributed by atoms with E-state index in [1.165, 1.54) is 24.1 Å². The Morgan fingerprint density at radius 3 is 2.21 bits per heavy atom.